The maximum Gasteiger partial charge on any atom is 0.274 e. The van der Waals surface area contributed by atoms with E-state index in [0.29, 0.717) is 12.1 Å². The van der Waals surface area contributed by atoms with Crippen LogP contribution in [-0.2, 0) is 0 Å². The molecular weight excluding hydrogens is 254 g/mol. The Morgan fingerprint density at radius 1 is 1.40 bits per heavy atom. The van der Waals surface area contributed by atoms with Crippen LogP contribution in [0.5, 0.6) is 0 Å². The molecule has 20 heavy (non-hydrogen) atoms. The highest BCUT2D eigenvalue weighted by Gasteiger charge is 2.27. The van der Waals surface area contributed by atoms with Crippen LogP contribution in [0.2, 0.25) is 0 Å². The highest BCUT2D eigenvalue weighted by atomic mass is 16.3. The number of hydrogen-bond donors (Lipinski definition) is 1. The molecule has 0 radical (unpaired) electrons. The normalized spacial score (nSPS) is 21.4. The van der Waals surface area contributed by atoms with Crippen LogP contribution < -0.4 is 0 Å². The average Bonchev–Trinajstić information content (AvgIpc) is 2.63. The van der Waals surface area contributed by atoms with Gasteiger partial charge in [-0.2, -0.15) is 0 Å². The molecule has 1 saturated heterocycles. The van der Waals surface area contributed by atoms with Crippen molar-refractivity contribution in [1.82, 2.24) is 14.9 Å². The number of aryl methyl sites for hydroxylation is 1. The van der Waals surface area contributed by atoms with Crippen LogP contribution in [-0.4, -0.2) is 44.6 Å². The molecule has 2 unspecified atom stereocenters. The largest absolute Gasteiger partial charge is 0.393 e. The van der Waals surface area contributed by atoms with Gasteiger partial charge in [0.15, 0.2) is 0 Å². The lowest BCUT2D eigenvalue weighted by atomic mass is 10.0. The second-order valence-electron chi connectivity index (χ2n) is 5.63. The minimum Gasteiger partial charge on any atom is -0.393 e. The Labute approximate surface area is 120 Å². The molecule has 2 heterocycles. The number of aliphatic hydroxyl groups excluding tert-OH is 1. The predicted molar refractivity (Wildman–Crippen MR) is 76.4 cm³/mol. The third kappa shape index (κ3) is 3.76. The van der Waals surface area contributed by atoms with E-state index >= 15 is 0 Å². The Hall–Kier alpha value is -1.49. The SMILES string of the molecule is Cc1cnc(C(=O)N2CCCCCC2CC(C)O)cn1. The number of carbonyl (C=O) groups is 1. The summed E-state index contributed by atoms with van der Waals surface area (Å²) in [6, 6.07) is 0.105. The lowest BCUT2D eigenvalue weighted by Crippen LogP contribution is -2.41. The number of aromatic nitrogens is 2. The summed E-state index contributed by atoms with van der Waals surface area (Å²) in [4.78, 5) is 22.8. The summed E-state index contributed by atoms with van der Waals surface area (Å²) in [5.41, 5.74) is 1.20. The Balaban J connectivity index is 2.16. The van der Waals surface area contributed by atoms with E-state index in [9.17, 15) is 9.90 Å². The Morgan fingerprint density at radius 2 is 2.20 bits per heavy atom. The van der Waals surface area contributed by atoms with Crippen LogP contribution in [0.1, 0.15) is 55.2 Å². The zero-order valence-electron chi connectivity index (χ0n) is 12.2. The molecule has 0 saturated carbocycles. The molecule has 0 aliphatic carbocycles. The van der Waals surface area contributed by atoms with Gasteiger partial charge in [-0.3, -0.25) is 9.78 Å². The molecule has 0 aromatic carbocycles. The van der Waals surface area contributed by atoms with Gasteiger partial charge in [0.2, 0.25) is 0 Å². The fraction of sp³-hybridized carbons (Fsp3) is 0.667. The van der Waals surface area contributed by atoms with E-state index in [4.69, 9.17) is 0 Å². The van der Waals surface area contributed by atoms with Gasteiger partial charge in [-0.1, -0.05) is 12.8 Å². The maximum atomic E-state index is 12.6. The highest BCUT2D eigenvalue weighted by molar-refractivity contribution is 5.92. The van der Waals surface area contributed by atoms with Gasteiger partial charge in [0.25, 0.3) is 5.91 Å². The van der Waals surface area contributed by atoms with Gasteiger partial charge in [-0.15, -0.1) is 0 Å². The molecule has 1 N–H and O–H groups in total. The summed E-state index contributed by atoms with van der Waals surface area (Å²) in [7, 11) is 0. The van der Waals surface area contributed by atoms with Crippen molar-refractivity contribution in [3.63, 3.8) is 0 Å². The first-order chi connectivity index (χ1) is 9.58. The molecule has 110 valence electrons. The molecule has 1 aromatic heterocycles. The lowest BCUT2D eigenvalue weighted by molar-refractivity contribution is 0.0601. The summed E-state index contributed by atoms with van der Waals surface area (Å²) in [6.45, 7) is 4.37. The molecule has 1 aliphatic rings. The van der Waals surface area contributed by atoms with E-state index in [1.165, 1.54) is 0 Å². The number of amides is 1. The zero-order valence-corrected chi connectivity index (χ0v) is 12.2. The van der Waals surface area contributed by atoms with Crippen molar-refractivity contribution in [3.05, 3.63) is 23.8 Å². The molecular formula is C15H23N3O2. The van der Waals surface area contributed by atoms with Crippen LogP contribution in [0.25, 0.3) is 0 Å². The first kappa shape index (κ1) is 14.9. The van der Waals surface area contributed by atoms with Gasteiger partial charge in [-0.25, -0.2) is 4.98 Å². The van der Waals surface area contributed by atoms with Crippen LogP contribution in [0, 0.1) is 6.92 Å². The smallest absolute Gasteiger partial charge is 0.274 e. The molecule has 5 nitrogen and oxygen atoms in total. The minimum atomic E-state index is -0.391. The Kier molecular flexibility index (Phi) is 5.06. The van der Waals surface area contributed by atoms with Crippen molar-refractivity contribution in [2.24, 2.45) is 0 Å². The fourth-order valence-electron chi connectivity index (χ4n) is 2.73. The number of likely N-dealkylation sites (tertiary alicyclic amines) is 1. The van der Waals surface area contributed by atoms with Crippen molar-refractivity contribution in [2.75, 3.05) is 6.54 Å². The molecule has 1 amide bonds. The van der Waals surface area contributed by atoms with Crippen LogP contribution in [0.3, 0.4) is 0 Å². The number of rotatable bonds is 3. The first-order valence-corrected chi connectivity index (χ1v) is 7.35. The van der Waals surface area contributed by atoms with Crippen molar-refractivity contribution in [3.8, 4) is 0 Å². The first-order valence-electron chi connectivity index (χ1n) is 7.35. The molecule has 1 aromatic rings. The van der Waals surface area contributed by atoms with Gasteiger partial charge in [-0.05, 0) is 33.1 Å². The molecule has 1 fully saturated rings. The van der Waals surface area contributed by atoms with Gasteiger partial charge in [0, 0.05) is 18.8 Å². The number of hydrogen-bond acceptors (Lipinski definition) is 4. The topological polar surface area (TPSA) is 66.3 Å². The van der Waals surface area contributed by atoms with Crippen molar-refractivity contribution < 1.29 is 9.90 Å². The van der Waals surface area contributed by atoms with E-state index in [1.54, 1.807) is 19.3 Å². The molecule has 0 bridgehead atoms. The second-order valence-corrected chi connectivity index (χ2v) is 5.63. The quantitative estimate of drug-likeness (QED) is 0.917. The summed E-state index contributed by atoms with van der Waals surface area (Å²) >= 11 is 0. The minimum absolute atomic E-state index is 0.0648. The Morgan fingerprint density at radius 3 is 2.85 bits per heavy atom. The molecule has 5 heteroatoms. The fourth-order valence-corrected chi connectivity index (χ4v) is 2.73. The predicted octanol–water partition coefficient (Wildman–Crippen LogP) is 1.94. The molecule has 0 spiro atoms. The number of nitrogens with zero attached hydrogens (tertiary/aromatic N) is 3. The van der Waals surface area contributed by atoms with Gasteiger partial charge in [0.1, 0.15) is 5.69 Å². The lowest BCUT2D eigenvalue weighted by Gasteiger charge is -2.30. The summed E-state index contributed by atoms with van der Waals surface area (Å²) < 4.78 is 0. The van der Waals surface area contributed by atoms with Gasteiger partial charge >= 0.3 is 0 Å². The van der Waals surface area contributed by atoms with E-state index in [1.807, 2.05) is 11.8 Å². The van der Waals surface area contributed by atoms with Gasteiger partial charge in [0.05, 0.1) is 18.0 Å². The standard InChI is InChI=1S/C15H23N3O2/c1-11-9-17-14(10-16-11)15(20)18-7-5-3-4-6-13(18)8-12(2)19/h9-10,12-13,19H,3-8H2,1-2H3. The van der Waals surface area contributed by atoms with Crippen LogP contribution >= 0.6 is 0 Å². The van der Waals surface area contributed by atoms with Crippen molar-refractivity contribution in [1.29, 1.82) is 0 Å². The molecule has 1 aliphatic heterocycles. The van der Waals surface area contributed by atoms with Crippen molar-refractivity contribution in [2.45, 2.75) is 58.1 Å². The molecule has 2 atom stereocenters. The summed E-state index contributed by atoms with van der Waals surface area (Å²) in [6.07, 6.45) is 7.62. The van der Waals surface area contributed by atoms with E-state index in [-0.39, 0.29) is 11.9 Å². The van der Waals surface area contributed by atoms with E-state index < -0.39 is 6.10 Å². The van der Waals surface area contributed by atoms with E-state index in [2.05, 4.69) is 9.97 Å². The number of aliphatic hydroxyl groups is 1. The van der Waals surface area contributed by atoms with Crippen LogP contribution in [0.15, 0.2) is 12.4 Å². The second kappa shape index (κ2) is 6.79. The monoisotopic (exact) mass is 277 g/mol. The molecule has 2 rings (SSSR count). The Bertz CT molecular complexity index is 445. The van der Waals surface area contributed by atoms with Crippen LogP contribution in [0.4, 0.5) is 0 Å². The number of carbonyl (C=O) groups excluding carboxylic acids is 1. The van der Waals surface area contributed by atoms with E-state index in [0.717, 1.165) is 37.9 Å². The summed E-state index contributed by atoms with van der Waals surface area (Å²) in [5.74, 6) is -0.0648. The summed E-state index contributed by atoms with van der Waals surface area (Å²) in [5, 5.41) is 9.64. The highest BCUT2D eigenvalue weighted by Crippen LogP contribution is 2.22. The maximum absolute atomic E-state index is 12.6. The van der Waals surface area contributed by atoms with Crippen molar-refractivity contribution >= 4 is 5.91 Å². The average molecular weight is 277 g/mol. The zero-order chi connectivity index (χ0) is 14.5. The van der Waals surface area contributed by atoms with Gasteiger partial charge < -0.3 is 10.0 Å². The third-order valence-corrected chi connectivity index (χ3v) is 3.75. The third-order valence-electron chi connectivity index (χ3n) is 3.75.